The lowest BCUT2D eigenvalue weighted by molar-refractivity contribution is -0.146. The molecule has 0 aliphatic carbocycles. The maximum atomic E-state index is 12.5. The van der Waals surface area contributed by atoms with Crippen LogP contribution in [0.25, 0.3) is 0 Å². The lowest BCUT2D eigenvalue weighted by atomic mass is 9.77. The Labute approximate surface area is 98.6 Å². The number of carbonyl (C=O) groups is 1. The minimum Gasteiger partial charge on any atom is -0.342 e. The summed E-state index contributed by atoms with van der Waals surface area (Å²) >= 11 is 0. The van der Waals surface area contributed by atoms with E-state index in [0.717, 1.165) is 39.0 Å². The molecule has 2 aliphatic rings. The minimum absolute atomic E-state index is 0.0521. The maximum absolute atomic E-state index is 12.5. The summed E-state index contributed by atoms with van der Waals surface area (Å²) in [7, 11) is 0. The summed E-state index contributed by atoms with van der Waals surface area (Å²) < 4.78 is 0. The van der Waals surface area contributed by atoms with Crippen molar-refractivity contribution in [1.82, 2.24) is 10.2 Å². The summed E-state index contributed by atoms with van der Waals surface area (Å²) in [6.45, 7) is 10.4. The van der Waals surface area contributed by atoms with Crippen LogP contribution in [0, 0.1) is 10.8 Å². The zero-order valence-electron chi connectivity index (χ0n) is 10.8. The van der Waals surface area contributed by atoms with Crippen LogP contribution in [0.5, 0.6) is 0 Å². The molecule has 1 N–H and O–H groups in total. The van der Waals surface area contributed by atoms with Gasteiger partial charge in [-0.25, -0.2) is 0 Å². The van der Waals surface area contributed by atoms with E-state index in [1.165, 1.54) is 6.42 Å². The van der Waals surface area contributed by atoms with Crippen LogP contribution in [-0.4, -0.2) is 37.0 Å². The highest BCUT2D eigenvalue weighted by atomic mass is 16.2. The highest BCUT2D eigenvalue weighted by Crippen LogP contribution is 2.37. The molecular weight excluding hydrogens is 200 g/mol. The van der Waals surface area contributed by atoms with Crippen molar-refractivity contribution in [3.05, 3.63) is 0 Å². The molecule has 0 radical (unpaired) electrons. The summed E-state index contributed by atoms with van der Waals surface area (Å²) in [6, 6.07) is 0. The molecule has 2 saturated heterocycles. The molecule has 3 nitrogen and oxygen atoms in total. The lowest BCUT2D eigenvalue weighted by Crippen LogP contribution is -2.51. The van der Waals surface area contributed by atoms with Crippen molar-refractivity contribution >= 4 is 5.91 Å². The molecule has 0 bridgehead atoms. The molecule has 0 saturated carbocycles. The molecule has 1 amide bonds. The van der Waals surface area contributed by atoms with Crippen molar-refractivity contribution in [2.24, 2.45) is 10.8 Å². The van der Waals surface area contributed by atoms with Gasteiger partial charge in [0, 0.05) is 19.6 Å². The Bertz CT molecular complexity index is 274. The fraction of sp³-hybridized carbons (Fsp3) is 0.923. The van der Waals surface area contributed by atoms with E-state index in [-0.39, 0.29) is 10.8 Å². The smallest absolute Gasteiger partial charge is 0.230 e. The topological polar surface area (TPSA) is 32.3 Å². The normalized spacial score (nSPS) is 31.4. The van der Waals surface area contributed by atoms with Crippen LogP contribution in [0.4, 0.5) is 0 Å². The fourth-order valence-electron chi connectivity index (χ4n) is 3.02. The summed E-state index contributed by atoms with van der Waals surface area (Å²) in [5.74, 6) is 0.402. The monoisotopic (exact) mass is 224 g/mol. The average molecular weight is 224 g/mol. The Morgan fingerprint density at radius 2 is 2.12 bits per heavy atom. The number of nitrogens with zero attached hydrogens (tertiary/aromatic N) is 1. The number of hydrogen-bond donors (Lipinski definition) is 1. The van der Waals surface area contributed by atoms with Crippen LogP contribution in [0.2, 0.25) is 0 Å². The first-order valence-electron chi connectivity index (χ1n) is 6.43. The predicted molar refractivity (Wildman–Crippen MR) is 65.2 cm³/mol. The van der Waals surface area contributed by atoms with Crippen molar-refractivity contribution < 1.29 is 4.79 Å². The summed E-state index contributed by atoms with van der Waals surface area (Å²) in [6.07, 6.45) is 3.29. The first kappa shape index (κ1) is 11.9. The van der Waals surface area contributed by atoms with Gasteiger partial charge in [0.1, 0.15) is 0 Å². The van der Waals surface area contributed by atoms with Gasteiger partial charge in [0.15, 0.2) is 0 Å². The van der Waals surface area contributed by atoms with E-state index >= 15 is 0 Å². The zero-order valence-corrected chi connectivity index (χ0v) is 10.8. The minimum atomic E-state index is -0.0521. The quantitative estimate of drug-likeness (QED) is 0.734. The Hall–Kier alpha value is -0.570. The molecule has 92 valence electrons. The largest absolute Gasteiger partial charge is 0.342 e. The fourth-order valence-corrected chi connectivity index (χ4v) is 3.02. The van der Waals surface area contributed by atoms with Crippen LogP contribution in [0.1, 0.15) is 40.0 Å². The predicted octanol–water partition coefficient (Wildman–Crippen LogP) is 1.63. The van der Waals surface area contributed by atoms with Crippen LogP contribution in [-0.2, 0) is 4.79 Å². The maximum Gasteiger partial charge on any atom is 0.230 e. The van der Waals surface area contributed by atoms with Crippen LogP contribution in [0.15, 0.2) is 0 Å². The second-order valence-electron chi connectivity index (χ2n) is 6.60. The van der Waals surface area contributed by atoms with Gasteiger partial charge >= 0.3 is 0 Å². The molecule has 2 heterocycles. The van der Waals surface area contributed by atoms with Gasteiger partial charge in [0.2, 0.25) is 5.91 Å². The zero-order chi connectivity index (χ0) is 11.8. The molecular formula is C13H24N2O. The standard InChI is InChI=1S/C13H24N2O/c1-12(2,3)10-15-8-4-5-13(11(15)16)6-7-14-9-13/h14H,4-10H2,1-3H3. The number of nitrogens with one attached hydrogen (secondary N) is 1. The molecule has 1 atom stereocenters. The molecule has 16 heavy (non-hydrogen) atoms. The third kappa shape index (κ3) is 2.24. The van der Waals surface area contributed by atoms with Crippen LogP contribution >= 0.6 is 0 Å². The first-order valence-corrected chi connectivity index (χ1v) is 6.43. The third-order valence-electron chi connectivity index (χ3n) is 3.73. The van der Waals surface area contributed by atoms with Gasteiger partial charge in [-0.3, -0.25) is 4.79 Å². The molecule has 0 aromatic rings. The number of amides is 1. The van der Waals surface area contributed by atoms with Crippen molar-refractivity contribution in [2.75, 3.05) is 26.2 Å². The number of hydrogen-bond acceptors (Lipinski definition) is 2. The average Bonchev–Trinajstić information content (AvgIpc) is 2.61. The van der Waals surface area contributed by atoms with E-state index in [2.05, 4.69) is 31.0 Å². The number of likely N-dealkylation sites (tertiary alicyclic amines) is 1. The van der Waals surface area contributed by atoms with E-state index in [4.69, 9.17) is 0 Å². The molecule has 1 unspecified atom stereocenters. The highest BCUT2D eigenvalue weighted by Gasteiger charge is 2.46. The van der Waals surface area contributed by atoms with Gasteiger partial charge < -0.3 is 10.2 Å². The van der Waals surface area contributed by atoms with E-state index in [0.29, 0.717) is 5.91 Å². The molecule has 3 heteroatoms. The summed E-state index contributed by atoms with van der Waals surface area (Å²) in [5.41, 5.74) is 0.156. The van der Waals surface area contributed by atoms with E-state index < -0.39 is 0 Å². The van der Waals surface area contributed by atoms with E-state index in [1.54, 1.807) is 0 Å². The van der Waals surface area contributed by atoms with E-state index in [1.807, 2.05) is 0 Å². The molecule has 2 rings (SSSR count). The van der Waals surface area contributed by atoms with Crippen molar-refractivity contribution in [1.29, 1.82) is 0 Å². The van der Waals surface area contributed by atoms with Gasteiger partial charge in [0.25, 0.3) is 0 Å². The third-order valence-corrected chi connectivity index (χ3v) is 3.73. The molecule has 1 spiro atoms. The van der Waals surface area contributed by atoms with Gasteiger partial charge in [-0.15, -0.1) is 0 Å². The highest BCUT2D eigenvalue weighted by molar-refractivity contribution is 5.84. The Morgan fingerprint density at radius 1 is 1.38 bits per heavy atom. The Kier molecular flexibility index (Phi) is 2.99. The molecule has 0 aromatic carbocycles. The van der Waals surface area contributed by atoms with Gasteiger partial charge in [-0.05, 0) is 31.2 Å². The van der Waals surface area contributed by atoms with Crippen molar-refractivity contribution in [2.45, 2.75) is 40.0 Å². The van der Waals surface area contributed by atoms with Crippen molar-refractivity contribution in [3.63, 3.8) is 0 Å². The Balaban J connectivity index is 2.08. The Morgan fingerprint density at radius 3 is 2.69 bits per heavy atom. The molecule has 0 aromatic heterocycles. The van der Waals surface area contributed by atoms with Crippen molar-refractivity contribution in [3.8, 4) is 0 Å². The number of piperidine rings is 1. The SMILES string of the molecule is CC(C)(C)CN1CCCC2(CCNC2)C1=O. The lowest BCUT2D eigenvalue weighted by Gasteiger charge is -2.41. The number of carbonyl (C=O) groups excluding carboxylic acids is 1. The van der Waals surface area contributed by atoms with Gasteiger partial charge in [-0.2, -0.15) is 0 Å². The van der Waals surface area contributed by atoms with Crippen LogP contribution in [0.3, 0.4) is 0 Å². The summed E-state index contributed by atoms with van der Waals surface area (Å²) in [4.78, 5) is 14.6. The summed E-state index contributed by atoms with van der Waals surface area (Å²) in [5, 5.41) is 3.35. The first-order chi connectivity index (χ1) is 7.43. The number of rotatable bonds is 1. The second-order valence-corrected chi connectivity index (χ2v) is 6.60. The van der Waals surface area contributed by atoms with E-state index in [9.17, 15) is 4.79 Å². The molecule has 2 fully saturated rings. The van der Waals surface area contributed by atoms with Gasteiger partial charge in [-0.1, -0.05) is 20.8 Å². The molecule has 2 aliphatic heterocycles. The second kappa shape index (κ2) is 4.02. The van der Waals surface area contributed by atoms with Crippen LogP contribution < -0.4 is 5.32 Å². The van der Waals surface area contributed by atoms with Gasteiger partial charge in [0.05, 0.1) is 5.41 Å².